The average Bonchev–Trinajstić information content (AvgIpc) is 2.69. The van der Waals surface area contributed by atoms with Gasteiger partial charge in [-0.15, -0.1) is 0 Å². The summed E-state index contributed by atoms with van der Waals surface area (Å²) in [6.07, 6.45) is 0. The van der Waals surface area contributed by atoms with Gasteiger partial charge in [0.25, 0.3) is 11.8 Å². The molecular weight excluding hydrogens is 394 g/mol. The Bertz CT molecular complexity index is 883. The second-order valence-electron chi connectivity index (χ2n) is 6.05. The second-order valence-corrected chi connectivity index (χ2v) is 6.93. The van der Waals surface area contributed by atoms with Crippen LogP contribution in [-0.2, 0) is 0 Å². The predicted molar refractivity (Wildman–Crippen MR) is 101 cm³/mol. The van der Waals surface area contributed by atoms with Crippen molar-refractivity contribution in [1.82, 2.24) is 9.80 Å². The van der Waals surface area contributed by atoms with E-state index in [1.54, 1.807) is 23.1 Å². The number of hydrogen-bond acceptors (Lipinski definition) is 3. The Morgan fingerprint density at radius 1 is 0.889 bits per heavy atom. The molecule has 1 heterocycles. The van der Waals surface area contributed by atoms with E-state index in [1.165, 1.54) is 30.2 Å². The van der Waals surface area contributed by atoms with Gasteiger partial charge in [0.15, 0.2) is 0 Å². The molecule has 0 aromatic heterocycles. The number of nitrogens with zero attached hydrogens (tertiary/aromatic N) is 2. The Kier molecular flexibility index (Phi) is 5.87. The minimum Gasteiger partial charge on any atom is -0.496 e. The third kappa shape index (κ3) is 4.17. The fourth-order valence-electron chi connectivity index (χ4n) is 2.96. The van der Waals surface area contributed by atoms with E-state index in [1.807, 2.05) is 0 Å². The van der Waals surface area contributed by atoms with E-state index < -0.39 is 11.7 Å². The van der Waals surface area contributed by atoms with Crippen LogP contribution in [0.25, 0.3) is 0 Å². The van der Waals surface area contributed by atoms with Crippen molar-refractivity contribution in [3.63, 3.8) is 0 Å². The zero-order chi connectivity index (χ0) is 19.6. The minimum atomic E-state index is -0.619. The average molecular weight is 411 g/mol. The molecule has 0 aliphatic carbocycles. The molecule has 1 fully saturated rings. The van der Waals surface area contributed by atoms with Gasteiger partial charge in [0.2, 0.25) is 0 Å². The van der Waals surface area contributed by atoms with Crippen molar-refractivity contribution in [3.8, 4) is 5.75 Å². The Morgan fingerprint density at radius 2 is 1.37 bits per heavy atom. The van der Waals surface area contributed by atoms with E-state index in [9.17, 15) is 14.0 Å². The van der Waals surface area contributed by atoms with E-state index in [-0.39, 0.29) is 11.5 Å². The van der Waals surface area contributed by atoms with Crippen LogP contribution < -0.4 is 4.74 Å². The summed E-state index contributed by atoms with van der Waals surface area (Å²) in [5.41, 5.74) is 0.296. The maximum Gasteiger partial charge on any atom is 0.257 e. The summed E-state index contributed by atoms with van der Waals surface area (Å²) >= 11 is 11.9. The Labute approximate surface area is 166 Å². The molecule has 0 spiro atoms. The van der Waals surface area contributed by atoms with Crippen LogP contribution >= 0.6 is 23.2 Å². The molecule has 1 aliphatic heterocycles. The number of amides is 2. The number of benzene rings is 2. The van der Waals surface area contributed by atoms with E-state index in [0.29, 0.717) is 47.5 Å². The highest BCUT2D eigenvalue weighted by atomic mass is 35.5. The monoisotopic (exact) mass is 410 g/mol. The van der Waals surface area contributed by atoms with E-state index in [4.69, 9.17) is 27.9 Å². The summed E-state index contributed by atoms with van der Waals surface area (Å²) in [6.45, 7) is 1.23. The van der Waals surface area contributed by atoms with Crippen LogP contribution in [0.15, 0.2) is 36.4 Å². The molecule has 0 radical (unpaired) electrons. The number of methoxy groups -OCH3 is 1. The van der Waals surface area contributed by atoms with Gasteiger partial charge in [-0.1, -0.05) is 23.2 Å². The van der Waals surface area contributed by atoms with Gasteiger partial charge in [-0.3, -0.25) is 9.59 Å². The molecule has 0 atom stereocenters. The molecule has 2 amide bonds. The van der Waals surface area contributed by atoms with Gasteiger partial charge in [0, 0.05) is 36.2 Å². The molecule has 0 N–H and O–H groups in total. The van der Waals surface area contributed by atoms with Crippen molar-refractivity contribution >= 4 is 35.0 Å². The number of rotatable bonds is 3. The van der Waals surface area contributed by atoms with Gasteiger partial charge in [-0.2, -0.15) is 0 Å². The van der Waals surface area contributed by atoms with Crippen LogP contribution in [0.4, 0.5) is 4.39 Å². The molecule has 2 aromatic rings. The number of carbonyl (C=O) groups excluding carboxylic acids is 2. The minimum absolute atomic E-state index is 0.0706. The SMILES string of the molecule is COc1ccc(Cl)cc1C(=O)N1CCN(C(=O)c2cc(Cl)ccc2F)CC1. The lowest BCUT2D eigenvalue weighted by atomic mass is 10.1. The van der Waals surface area contributed by atoms with Crippen molar-refractivity contribution in [3.05, 3.63) is 63.4 Å². The molecule has 0 bridgehead atoms. The molecule has 8 heteroatoms. The molecule has 27 heavy (non-hydrogen) atoms. The van der Waals surface area contributed by atoms with Crippen LogP contribution in [0.5, 0.6) is 5.75 Å². The van der Waals surface area contributed by atoms with Crippen molar-refractivity contribution in [1.29, 1.82) is 0 Å². The van der Waals surface area contributed by atoms with Gasteiger partial charge >= 0.3 is 0 Å². The summed E-state index contributed by atoms with van der Waals surface area (Å²) < 4.78 is 19.2. The van der Waals surface area contributed by atoms with Gasteiger partial charge in [-0.25, -0.2) is 4.39 Å². The summed E-state index contributed by atoms with van der Waals surface area (Å²) in [5, 5.41) is 0.728. The number of piperazine rings is 1. The largest absolute Gasteiger partial charge is 0.496 e. The summed E-state index contributed by atoms with van der Waals surface area (Å²) in [4.78, 5) is 28.5. The zero-order valence-corrected chi connectivity index (χ0v) is 16.1. The van der Waals surface area contributed by atoms with Gasteiger partial charge in [0.05, 0.1) is 18.2 Å². The first-order valence-electron chi connectivity index (χ1n) is 8.28. The standard InChI is InChI=1S/C19H17Cl2FN2O3/c1-27-17-5-3-13(21)11-15(17)19(26)24-8-6-23(7-9-24)18(25)14-10-12(20)2-4-16(14)22/h2-5,10-11H,6-9H2,1H3. The Morgan fingerprint density at radius 3 is 1.93 bits per heavy atom. The van der Waals surface area contributed by atoms with E-state index in [2.05, 4.69) is 0 Å². The fourth-order valence-corrected chi connectivity index (χ4v) is 3.31. The normalized spacial score (nSPS) is 14.2. The van der Waals surface area contributed by atoms with E-state index in [0.717, 1.165) is 0 Å². The van der Waals surface area contributed by atoms with Crippen LogP contribution in [-0.4, -0.2) is 54.9 Å². The molecule has 1 aliphatic rings. The molecule has 5 nitrogen and oxygen atoms in total. The molecule has 142 valence electrons. The summed E-state index contributed by atoms with van der Waals surface area (Å²) in [7, 11) is 1.48. The van der Waals surface area contributed by atoms with Crippen LogP contribution in [0.2, 0.25) is 10.0 Å². The number of hydrogen-bond donors (Lipinski definition) is 0. The van der Waals surface area contributed by atoms with Gasteiger partial charge in [0.1, 0.15) is 11.6 Å². The number of ether oxygens (including phenoxy) is 1. The van der Waals surface area contributed by atoms with Crippen LogP contribution in [0, 0.1) is 5.82 Å². The quantitative estimate of drug-likeness (QED) is 0.774. The highest BCUT2D eigenvalue weighted by Gasteiger charge is 2.28. The molecule has 0 saturated carbocycles. The van der Waals surface area contributed by atoms with Crippen LogP contribution in [0.3, 0.4) is 0 Å². The highest BCUT2D eigenvalue weighted by Crippen LogP contribution is 2.25. The molecule has 2 aromatic carbocycles. The first kappa shape index (κ1) is 19.5. The second kappa shape index (κ2) is 8.15. The van der Waals surface area contributed by atoms with Crippen LogP contribution in [0.1, 0.15) is 20.7 Å². The molecular formula is C19H17Cl2FN2O3. The van der Waals surface area contributed by atoms with Gasteiger partial charge in [-0.05, 0) is 36.4 Å². The van der Waals surface area contributed by atoms with E-state index >= 15 is 0 Å². The number of carbonyl (C=O) groups is 2. The summed E-state index contributed by atoms with van der Waals surface area (Å²) in [5.74, 6) is -0.853. The molecule has 1 saturated heterocycles. The maximum atomic E-state index is 13.9. The lowest BCUT2D eigenvalue weighted by Crippen LogP contribution is -2.50. The number of halogens is 3. The molecule has 0 unspecified atom stereocenters. The highest BCUT2D eigenvalue weighted by molar-refractivity contribution is 6.31. The zero-order valence-electron chi connectivity index (χ0n) is 14.5. The predicted octanol–water partition coefficient (Wildman–Crippen LogP) is 3.74. The van der Waals surface area contributed by atoms with Crippen molar-refractivity contribution in [2.24, 2.45) is 0 Å². The fraction of sp³-hybridized carbons (Fsp3) is 0.263. The lowest BCUT2D eigenvalue weighted by molar-refractivity contribution is 0.0531. The Balaban J connectivity index is 1.70. The Hall–Kier alpha value is -2.31. The summed E-state index contributed by atoms with van der Waals surface area (Å²) in [6, 6.07) is 8.71. The first-order chi connectivity index (χ1) is 12.9. The lowest BCUT2D eigenvalue weighted by Gasteiger charge is -2.35. The maximum absolute atomic E-state index is 13.9. The van der Waals surface area contributed by atoms with Crippen molar-refractivity contribution in [2.75, 3.05) is 33.3 Å². The first-order valence-corrected chi connectivity index (χ1v) is 9.03. The topological polar surface area (TPSA) is 49.9 Å². The van der Waals surface area contributed by atoms with Crippen molar-refractivity contribution < 1.29 is 18.7 Å². The smallest absolute Gasteiger partial charge is 0.257 e. The molecule has 3 rings (SSSR count). The van der Waals surface area contributed by atoms with Crippen molar-refractivity contribution in [2.45, 2.75) is 0 Å². The third-order valence-corrected chi connectivity index (χ3v) is 4.88. The van der Waals surface area contributed by atoms with Gasteiger partial charge < -0.3 is 14.5 Å². The third-order valence-electron chi connectivity index (χ3n) is 4.40.